The highest BCUT2D eigenvalue weighted by molar-refractivity contribution is 6.31. The van der Waals surface area contributed by atoms with Crippen molar-refractivity contribution in [1.82, 2.24) is 10.2 Å². The molecule has 0 heterocycles. The first-order chi connectivity index (χ1) is 8.04. The standard InChI is InChI=1S/C13H18ClN3/c1-10-4-5-11(8-12(10)14)13(9-15)16-6-7-17(2)3/h4-5,8,13,16H,6-7H2,1-3H3. The highest BCUT2D eigenvalue weighted by Crippen LogP contribution is 2.20. The van der Waals surface area contributed by atoms with Gasteiger partial charge in [0, 0.05) is 18.1 Å². The largest absolute Gasteiger partial charge is 0.308 e. The number of halogens is 1. The van der Waals surface area contributed by atoms with Crippen molar-refractivity contribution >= 4 is 11.6 Å². The second-order valence-electron chi connectivity index (χ2n) is 4.33. The first-order valence-electron chi connectivity index (χ1n) is 5.58. The van der Waals surface area contributed by atoms with Gasteiger partial charge < -0.3 is 4.90 Å². The zero-order valence-electron chi connectivity index (χ0n) is 10.5. The Morgan fingerprint density at radius 3 is 2.71 bits per heavy atom. The van der Waals surface area contributed by atoms with Gasteiger partial charge in [0.05, 0.1) is 6.07 Å². The Kier molecular flexibility index (Phi) is 5.43. The predicted octanol–water partition coefficient (Wildman–Crippen LogP) is 2.36. The van der Waals surface area contributed by atoms with E-state index in [0.717, 1.165) is 24.2 Å². The SMILES string of the molecule is Cc1ccc(C(C#N)NCCN(C)C)cc1Cl. The number of hydrogen-bond donors (Lipinski definition) is 1. The summed E-state index contributed by atoms with van der Waals surface area (Å²) in [6.07, 6.45) is 0. The van der Waals surface area contributed by atoms with Gasteiger partial charge in [0.15, 0.2) is 0 Å². The van der Waals surface area contributed by atoms with Gasteiger partial charge in [-0.25, -0.2) is 0 Å². The van der Waals surface area contributed by atoms with E-state index in [1.54, 1.807) is 0 Å². The highest BCUT2D eigenvalue weighted by Gasteiger charge is 2.10. The molecule has 0 bridgehead atoms. The molecule has 0 amide bonds. The van der Waals surface area contributed by atoms with Gasteiger partial charge in [-0.15, -0.1) is 0 Å². The Bertz CT molecular complexity index is 410. The number of hydrogen-bond acceptors (Lipinski definition) is 3. The number of likely N-dealkylation sites (N-methyl/N-ethyl adjacent to an activating group) is 1. The molecule has 1 N–H and O–H groups in total. The molecule has 0 aliphatic heterocycles. The number of benzene rings is 1. The lowest BCUT2D eigenvalue weighted by atomic mass is 10.1. The molecule has 3 nitrogen and oxygen atoms in total. The van der Waals surface area contributed by atoms with Crippen LogP contribution in [-0.2, 0) is 0 Å². The molecule has 1 unspecified atom stereocenters. The van der Waals surface area contributed by atoms with Gasteiger partial charge in [-0.05, 0) is 38.2 Å². The fourth-order valence-electron chi connectivity index (χ4n) is 1.46. The Morgan fingerprint density at radius 2 is 2.18 bits per heavy atom. The van der Waals surface area contributed by atoms with Crippen LogP contribution in [0.15, 0.2) is 18.2 Å². The van der Waals surface area contributed by atoms with Gasteiger partial charge in [-0.1, -0.05) is 23.7 Å². The summed E-state index contributed by atoms with van der Waals surface area (Å²) < 4.78 is 0. The topological polar surface area (TPSA) is 39.1 Å². The molecule has 0 saturated carbocycles. The quantitative estimate of drug-likeness (QED) is 0.873. The maximum absolute atomic E-state index is 9.14. The van der Waals surface area contributed by atoms with E-state index in [0.29, 0.717) is 5.02 Å². The Hall–Kier alpha value is -1.08. The van der Waals surface area contributed by atoms with Crippen molar-refractivity contribution in [3.63, 3.8) is 0 Å². The fraction of sp³-hybridized carbons (Fsp3) is 0.462. The van der Waals surface area contributed by atoms with Crippen LogP contribution in [0.5, 0.6) is 0 Å². The minimum Gasteiger partial charge on any atom is -0.308 e. The van der Waals surface area contributed by atoms with Crippen LogP contribution in [0.3, 0.4) is 0 Å². The van der Waals surface area contributed by atoms with E-state index in [-0.39, 0.29) is 6.04 Å². The van der Waals surface area contributed by atoms with E-state index in [2.05, 4.69) is 16.3 Å². The summed E-state index contributed by atoms with van der Waals surface area (Å²) >= 11 is 6.05. The van der Waals surface area contributed by atoms with Crippen LogP contribution >= 0.6 is 11.6 Å². The Morgan fingerprint density at radius 1 is 1.47 bits per heavy atom. The van der Waals surface area contributed by atoms with Crippen LogP contribution in [0.25, 0.3) is 0 Å². The molecular formula is C13H18ClN3. The summed E-state index contributed by atoms with van der Waals surface area (Å²) in [5.74, 6) is 0. The van der Waals surface area contributed by atoms with Gasteiger partial charge in [-0.3, -0.25) is 5.32 Å². The fourth-order valence-corrected chi connectivity index (χ4v) is 1.65. The van der Waals surface area contributed by atoms with E-state index in [9.17, 15) is 0 Å². The highest BCUT2D eigenvalue weighted by atomic mass is 35.5. The number of aryl methyl sites for hydroxylation is 1. The second-order valence-corrected chi connectivity index (χ2v) is 4.74. The van der Waals surface area contributed by atoms with E-state index in [4.69, 9.17) is 16.9 Å². The van der Waals surface area contributed by atoms with Gasteiger partial charge in [0.25, 0.3) is 0 Å². The average molecular weight is 252 g/mol. The third kappa shape index (κ3) is 4.35. The number of nitrogens with one attached hydrogen (secondary N) is 1. The molecule has 1 aromatic rings. The van der Waals surface area contributed by atoms with Crippen molar-refractivity contribution in [3.8, 4) is 6.07 Å². The lowest BCUT2D eigenvalue weighted by Gasteiger charge is -2.15. The molecular weight excluding hydrogens is 234 g/mol. The Balaban J connectivity index is 2.67. The summed E-state index contributed by atoms with van der Waals surface area (Å²) in [7, 11) is 4.01. The van der Waals surface area contributed by atoms with Crippen molar-refractivity contribution in [2.75, 3.05) is 27.2 Å². The number of nitriles is 1. The summed E-state index contributed by atoms with van der Waals surface area (Å²) in [6.45, 7) is 3.63. The summed E-state index contributed by atoms with van der Waals surface area (Å²) in [5, 5.41) is 13.0. The summed E-state index contributed by atoms with van der Waals surface area (Å²) in [6, 6.07) is 7.69. The molecule has 0 aliphatic carbocycles. The van der Waals surface area contributed by atoms with Crippen LogP contribution in [0.4, 0.5) is 0 Å². The normalized spacial score (nSPS) is 12.5. The second kappa shape index (κ2) is 6.61. The van der Waals surface area contributed by atoms with Crippen LogP contribution < -0.4 is 5.32 Å². The molecule has 0 fully saturated rings. The molecule has 1 rings (SSSR count). The molecule has 1 atom stereocenters. The van der Waals surface area contributed by atoms with E-state index < -0.39 is 0 Å². The minimum atomic E-state index is -0.298. The molecule has 0 aromatic heterocycles. The van der Waals surface area contributed by atoms with E-state index in [1.165, 1.54) is 0 Å². The van der Waals surface area contributed by atoms with Crippen molar-refractivity contribution in [1.29, 1.82) is 5.26 Å². The lowest BCUT2D eigenvalue weighted by Crippen LogP contribution is -2.29. The average Bonchev–Trinajstić information content (AvgIpc) is 2.28. The molecule has 0 radical (unpaired) electrons. The molecule has 17 heavy (non-hydrogen) atoms. The van der Waals surface area contributed by atoms with Crippen molar-refractivity contribution in [2.24, 2.45) is 0 Å². The Labute approximate surface area is 108 Å². The van der Waals surface area contributed by atoms with Crippen LogP contribution in [-0.4, -0.2) is 32.1 Å². The smallest absolute Gasteiger partial charge is 0.121 e. The van der Waals surface area contributed by atoms with Gasteiger partial charge in [0.2, 0.25) is 0 Å². The summed E-state index contributed by atoms with van der Waals surface area (Å²) in [5.41, 5.74) is 1.95. The van der Waals surface area contributed by atoms with Gasteiger partial charge in [-0.2, -0.15) is 5.26 Å². The molecule has 1 aromatic carbocycles. The maximum Gasteiger partial charge on any atom is 0.121 e. The van der Waals surface area contributed by atoms with Crippen LogP contribution in [0.1, 0.15) is 17.2 Å². The van der Waals surface area contributed by atoms with Crippen molar-refractivity contribution in [2.45, 2.75) is 13.0 Å². The number of nitrogens with zero attached hydrogens (tertiary/aromatic N) is 2. The van der Waals surface area contributed by atoms with Gasteiger partial charge in [0.1, 0.15) is 6.04 Å². The number of rotatable bonds is 5. The molecule has 92 valence electrons. The predicted molar refractivity (Wildman–Crippen MR) is 71.1 cm³/mol. The molecule has 0 spiro atoms. The first-order valence-corrected chi connectivity index (χ1v) is 5.96. The third-order valence-corrected chi connectivity index (χ3v) is 2.97. The van der Waals surface area contributed by atoms with Crippen LogP contribution in [0, 0.1) is 18.3 Å². The monoisotopic (exact) mass is 251 g/mol. The zero-order valence-corrected chi connectivity index (χ0v) is 11.3. The van der Waals surface area contributed by atoms with E-state index >= 15 is 0 Å². The summed E-state index contributed by atoms with van der Waals surface area (Å²) in [4.78, 5) is 2.07. The first kappa shape index (κ1) is 14.0. The third-order valence-electron chi connectivity index (χ3n) is 2.57. The molecule has 4 heteroatoms. The molecule has 0 aliphatic rings. The molecule has 0 saturated heterocycles. The van der Waals surface area contributed by atoms with Gasteiger partial charge >= 0.3 is 0 Å². The van der Waals surface area contributed by atoms with Crippen molar-refractivity contribution < 1.29 is 0 Å². The van der Waals surface area contributed by atoms with Crippen molar-refractivity contribution in [3.05, 3.63) is 34.3 Å². The van der Waals surface area contributed by atoms with Crippen LogP contribution in [0.2, 0.25) is 5.02 Å². The zero-order chi connectivity index (χ0) is 12.8. The minimum absolute atomic E-state index is 0.298. The van der Waals surface area contributed by atoms with E-state index in [1.807, 2.05) is 39.2 Å². The maximum atomic E-state index is 9.14. The lowest BCUT2D eigenvalue weighted by molar-refractivity contribution is 0.395.